The van der Waals surface area contributed by atoms with Crippen molar-refractivity contribution in [2.24, 2.45) is 0 Å². The molecule has 0 radical (unpaired) electrons. The zero-order chi connectivity index (χ0) is 24.9. The minimum Gasteiger partial charge on any atom is -0.361 e. The fourth-order valence-electron chi connectivity index (χ4n) is 3.35. The van der Waals surface area contributed by atoms with Gasteiger partial charge in [-0.2, -0.15) is 13.2 Å². The van der Waals surface area contributed by atoms with Gasteiger partial charge in [0.2, 0.25) is 9.70 Å². The standard InChI is InChI=1S/C23H33Cl4F3N2O/c1-2-3-4-5-6-7-8-9-10-11-12-13-20(33)32-21(22(25,26)27)31-19-16-17(23(28,29)30)14-15-18(19)24/h14-16,21,31H,2-13H2,1H3,(H,32,33)/t21-/m1/s1. The van der Waals surface area contributed by atoms with Gasteiger partial charge in [0.15, 0.2) is 0 Å². The second-order valence-electron chi connectivity index (χ2n) is 8.16. The lowest BCUT2D eigenvalue weighted by Gasteiger charge is -2.28. The van der Waals surface area contributed by atoms with E-state index in [1.807, 2.05) is 0 Å². The summed E-state index contributed by atoms with van der Waals surface area (Å²) in [6, 6.07) is 2.75. The van der Waals surface area contributed by atoms with Crippen LogP contribution < -0.4 is 10.6 Å². The minimum atomic E-state index is -4.56. The van der Waals surface area contributed by atoms with E-state index in [-0.39, 0.29) is 23.0 Å². The van der Waals surface area contributed by atoms with Gasteiger partial charge in [-0.15, -0.1) is 0 Å². The molecule has 1 aromatic carbocycles. The van der Waals surface area contributed by atoms with Crippen LogP contribution in [0.2, 0.25) is 5.02 Å². The summed E-state index contributed by atoms with van der Waals surface area (Å²) in [5.41, 5.74) is -1.01. The molecule has 1 atom stereocenters. The average molecular weight is 552 g/mol. The molecule has 1 aromatic rings. The second kappa shape index (κ2) is 15.4. The molecule has 2 N–H and O–H groups in total. The van der Waals surface area contributed by atoms with Gasteiger partial charge in [0.1, 0.15) is 6.17 Å². The van der Waals surface area contributed by atoms with Gasteiger partial charge in [-0.05, 0) is 24.6 Å². The number of nitrogens with one attached hydrogen (secondary N) is 2. The number of amides is 1. The summed E-state index contributed by atoms with van der Waals surface area (Å²) in [5.74, 6) is -0.363. The molecule has 10 heteroatoms. The molecular weight excluding hydrogens is 519 g/mol. The van der Waals surface area contributed by atoms with Crippen LogP contribution >= 0.6 is 46.4 Å². The zero-order valence-corrected chi connectivity index (χ0v) is 21.9. The van der Waals surface area contributed by atoms with Crippen LogP contribution in [0.1, 0.15) is 89.5 Å². The summed E-state index contributed by atoms with van der Waals surface area (Å²) in [6.45, 7) is 2.21. The number of carbonyl (C=O) groups excluding carboxylic acids is 1. The van der Waals surface area contributed by atoms with E-state index >= 15 is 0 Å². The maximum atomic E-state index is 13.0. The number of alkyl halides is 6. The Labute approximate surface area is 215 Å². The molecule has 190 valence electrons. The third-order valence-electron chi connectivity index (χ3n) is 5.23. The van der Waals surface area contributed by atoms with Crippen LogP contribution in [0.5, 0.6) is 0 Å². The lowest BCUT2D eigenvalue weighted by molar-refractivity contribution is -0.137. The number of hydrogen-bond acceptors (Lipinski definition) is 2. The fraction of sp³-hybridized carbons (Fsp3) is 0.696. The average Bonchev–Trinajstić information content (AvgIpc) is 2.71. The van der Waals surface area contributed by atoms with Gasteiger partial charge in [-0.1, -0.05) is 118 Å². The van der Waals surface area contributed by atoms with Crippen molar-refractivity contribution in [2.75, 3.05) is 5.32 Å². The van der Waals surface area contributed by atoms with E-state index in [4.69, 9.17) is 46.4 Å². The number of benzene rings is 1. The fourth-order valence-corrected chi connectivity index (χ4v) is 3.85. The summed E-state index contributed by atoms with van der Waals surface area (Å²) >= 11 is 23.8. The highest BCUT2D eigenvalue weighted by atomic mass is 35.6. The quantitative estimate of drug-likeness (QED) is 0.129. The number of anilines is 1. The molecule has 1 amide bonds. The van der Waals surface area contributed by atoms with E-state index in [0.717, 1.165) is 37.5 Å². The monoisotopic (exact) mass is 550 g/mol. The smallest absolute Gasteiger partial charge is 0.361 e. The van der Waals surface area contributed by atoms with Crippen molar-refractivity contribution in [1.82, 2.24) is 5.32 Å². The molecule has 0 spiro atoms. The van der Waals surface area contributed by atoms with Crippen LogP contribution in [-0.4, -0.2) is 15.9 Å². The molecule has 1 rings (SSSR count). The Morgan fingerprint density at radius 3 is 1.91 bits per heavy atom. The van der Waals surface area contributed by atoms with Crippen LogP contribution in [-0.2, 0) is 11.0 Å². The highest BCUT2D eigenvalue weighted by Crippen LogP contribution is 2.36. The molecule has 0 fully saturated rings. The van der Waals surface area contributed by atoms with Crippen LogP contribution in [0.3, 0.4) is 0 Å². The number of halogens is 7. The maximum Gasteiger partial charge on any atom is 0.416 e. The number of unbranched alkanes of at least 4 members (excludes halogenated alkanes) is 10. The van der Waals surface area contributed by atoms with Gasteiger partial charge in [0, 0.05) is 6.42 Å². The summed E-state index contributed by atoms with van der Waals surface area (Å²) in [5, 5.41) is 5.16. The van der Waals surface area contributed by atoms with Crippen molar-refractivity contribution in [3.8, 4) is 0 Å². The Bertz CT molecular complexity index is 712. The number of hydrogen-bond donors (Lipinski definition) is 2. The van der Waals surface area contributed by atoms with Crippen molar-refractivity contribution in [1.29, 1.82) is 0 Å². The Balaban J connectivity index is 2.43. The van der Waals surface area contributed by atoms with Crippen molar-refractivity contribution in [3.05, 3.63) is 28.8 Å². The Morgan fingerprint density at radius 1 is 0.909 bits per heavy atom. The highest BCUT2D eigenvalue weighted by molar-refractivity contribution is 6.68. The molecule has 33 heavy (non-hydrogen) atoms. The molecular formula is C23H33Cl4F3N2O. The van der Waals surface area contributed by atoms with Gasteiger partial charge < -0.3 is 10.6 Å². The molecule has 0 bridgehead atoms. The van der Waals surface area contributed by atoms with Crippen LogP contribution in [0.15, 0.2) is 18.2 Å². The summed E-state index contributed by atoms with van der Waals surface area (Å²) in [7, 11) is 0. The number of rotatable bonds is 15. The first kappa shape index (κ1) is 30.5. The second-order valence-corrected chi connectivity index (χ2v) is 10.9. The van der Waals surface area contributed by atoms with E-state index in [0.29, 0.717) is 6.42 Å². The van der Waals surface area contributed by atoms with Crippen LogP contribution in [0, 0.1) is 0 Å². The topological polar surface area (TPSA) is 41.1 Å². The Kier molecular flexibility index (Phi) is 14.3. The van der Waals surface area contributed by atoms with Crippen molar-refractivity contribution >= 4 is 58.0 Å². The van der Waals surface area contributed by atoms with Gasteiger partial charge in [0.25, 0.3) is 0 Å². The lowest BCUT2D eigenvalue weighted by atomic mass is 10.1. The van der Waals surface area contributed by atoms with Crippen molar-refractivity contribution in [2.45, 2.75) is 100 Å². The van der Waals surface area contributed by atoms with E-state index in [1.54, 1.807) is 0 Å². The largest absolute Gasteiger partial charge is 0.416 e. The summed E-state index contributed by atoms with van der Waals surface area (Å²) < 4.78 is 37.0. The molecule has 0 unspecified atom stereocenters. The summed E-state index contributed by atoms with van der Waals surface area (Å²) in [6.07, 6.45) is 7.11. The van der Waals surface area contributed by atoms with E-state index in [1.165, 1.54) is 44.9 Å². The first-order valence-corrected chi connectivity index (χ1v) is 13.0. The van der Waals surface area contributed by atoms with Crippen LogP contribution in [0.4, 0.5) is 18.9 Å². The van der Waals surface area contributed by atoms with Crippen molar-refractivity contribution in [3.63, 3.8) is 0 Å². The predicted molar refractivity (Wildman–Crippen MR) is 133 cm³/mol. The third-order valence-corrected chi connectivity index (χ3v) is 6.22. The molecule has 0 saturated heterocycles. The first-order valence-electron chi connectivity index (χ1n) is 11.4. The molecule has 3 nitrogen and oxygen atoms in total. The Morgan fingerprint density at radius 2 is 1.42 bits per heavy atom. The molecule has 0 saturated carbocycles. The zero-order valence-electron chi connectivity index (χ0n) is 18.8. The van der Waals surface area contributed by atoms with Gasteiger partial charge in [-0.25, -0.2) is 0 Å². The molecule has 0 aromatic heterocycles. The molecule has 0 heterocycles. The van der Waals surface area contributed by atoms with Crippen molar-refractivity contribution < 1.29 is 18.0 Å². The summed E-state index contributed by atoms with van der Waals surface area (Å²) in [4.78, 5) is 12.3. The molecule has 0 aliphatic rings. The van der Waals surface area contributed by atoms with E-state index in [2.05, 4.69) is 17.6 Å². The van der Waals surface area contributed by atoms with Gasteiger partial charge >= 0.3 is 6.18 Å². The Hall–Kier alpha value is -0.560. The molecule has 0 aliphatic heterocycles. The van der Waals surface area contributed by atoms with Gasteiger partial charge in [0.05, 0.1) is 16.3 Å². The first-order chi connectivity index (χ1) is 15.4. The highest BCUT2D eigenvalue weighted by Gasteiger charge is 2.35. The normalized spacial score (nSPS) is 13.1. The third kappa shape index (κ3) is 13.2. The number of carbonyl (C=O) groups is 1. The van der Waals surface area contributed by atoms with Gasteiger partial charge in [-0.3, -0.25) is 4.79 Å². The maximum absolute atomic E-state index is 13.0. The van der Waals surface area contributed by atoms with E-state index < -0.39 is 21.7 Å². The SMILES string of the molecule is CCCCCCCCCCCCCC(=O)N[C@@H](Nc1cc(C(F)(F)F)ccc1Cl)C(Cl)(Cl)Cl. The van der Waals surface area contributed by atoms with Crippen LogP contribution in [0.25, 0.3) is 0 Å². The van der Waals surface area contributed by atoms with E-state index in [9.17, 15) is 18.0 Å². The predicted octanol–water partition coefficient (Wildman–Crippen LogP) is 9.28. The minimum absolute atomic E-state index is 0.00172. The lowest BCUT2D eigenvalue weighted by Crippen LogP contribution is -2.49. The molecule has 0 aliphatic carbocycles.